The van der Waals surface area contributed by atoms with Crippen molar-refractivity contribution in [2.75, 3.05) is 6.54 Å². The van der Waals surface area contributed by atoms with E-state index >= 15 is 0 Å². The lowest BCUT2D eigenvalue weighted by Crippen LogP contribution is -2.46. The summed E-state index contributed by atoms with van der Waals surface area (Å²) in [6, 6.07) is -0.729. The number of carbonyl (C=O) groups excluding carboxylic acids is 1. The number of hydrogen-bond donors (Lipinski definition) is 3. The molecule has 3 unspecified atom stereocenters. The Kier molecular flexibility index (Phi) is 7.54. The predicted molar refractivity (Wildman–Crippen MR) is 66.8 cm³/mol. The van der Waals surface area contributed by atoms with Gasteiger partial charge in [-0.2, -0.15) is 0 Å². The first-order chi connectivity index (χ1) is 7.92. The summed E-state index contributed by atoms with van der Waals surface area (Å²) in [5.74, 6) is -1.25. The smallest absolute Gasteiger partial charge is 0.326 e. The van der Waals surface area contributed by atoms with Crippen molar-refractivity contribution in [2.45, 2.75) is 52.6 Å². The van der Waals surface area contributed by atoms with Gasteiger partial charge >= 0.3 is 5.97 Å². The molecule has 0 aromatic carbocycles. The van der Waals surface area contributed by atoms with Crippen LogP contribution in [-0.4, -0.2) is 35.6 Å². The topological polar surface area (TPSA) is 78.4 Å². The van der Waals surface area contributed by atoms with Gasteiger partial charge < -0.3 is 15.7 Å². The summed E-state index contributed by atoms with van der Waals surface area (Å²) in [6.07, 6.45) is 1.02. The van der Waals surface area contributed by atoms with Crippen molar-refractivity contribution < 1.29 is 14.7 Å². The van der Waals surface area contributed by atoms with Crippen LogP contribution in [-0.2, 0) is 9.59 Å². The molecule has 17 heavy (non-hydrogen) atoms. The fourth-order valence-corrected chi connectivity index (χ4v) is 1.61. The Hall–Kier alpha value is -1.10. The molecule has 1 amide bonds. The molecular formula is C12H24N2O3. The summed E-state index contributed by atoms with van der Waals surface area (Å²) in [7, 11) is 0. The van der Waals surface area contributed by atoms with Gasteiger partial charge in [-0.25, -0.2) is 4.79 Å². The summed E-state index contributed by atoms with van der Waals surface area (Å²) in [4.78, 5) is 22.7. The van der Waals surface area contributed by atoms with Gasteiger partial charge in [-0.05, 0) is 19.4 Å². The van der Waals surface area contributed by atoms with E-state index in [0.29, 0.717) is 6.42 Å². The zero-order valence-corrected chi connectivity index (χ0v) is 11.1. The van der Waals surface area contributed by atoms with Crippen LogP contribution in [0.2, 0.25) is 0 Å². The molecule has 0 saturated heterocycles. The Morgan fingerprint density at radius 3 is 2.24 bits per heavy atom. The molecule has 0 saturated carbocycles. The number of hydrogen-bond acceptors (Lipinski definition) is 3. The molecule has 5 nitrogen and oxygen atoms in total. The SMILES string of the molecule is CCNC(C)CC(=O)NC(C(=O)O)C(C)CC. The Morgan fingerprint density at radius 1 is 1.24 bits per heavy atom. The highest BCUT2D eigenvalue weighted by molar-refractivity contribution is 5.84. The van der Waals surface area contributed by atoms with E-state index in [1.54, 1.807) is 0 Å². The molecule has 0 bridgehead atoms. The van der Waals surface area contributed by atoms with Crippen molar-refractivity contribution in [3.8, 4) is 0 Å². The van der Waals surface area contributed by atoms with E-state index in [4.69, 9.17) is 5.11 Å². The molecule has 0 rings (SSSR count). The molecule has 5 heteroatoms. The maximum Gasteiger partial charge on any atom is 0.326 e. The van der Waals surface area contributed by atoms with Gasteiger partial charge in [-0.1, -0.05) is 27.2 Å². The van der Waals surface area contributed by atoms with Gasteiger partial charge in [0.2, 0.25) is 5.91 Å². The van der Waals surface area contributed by atoms with Crippen LogP contribution in [0.4, 0.5) is 0 Å². The maximum absolute atomic E-state index is 11.6. The van der Waals surface area contributed by atoms with E-state index in [1.165, 1.54) is 0 Å². The number of aliphatic carboxylic acids is 1. The minimum absolute atomic E-state index is 0.0615. The highest BCUT2D eigenvalue weighted by Crippen LogP contribution is 2.08. The van der Waals surface area contributed by atoms with Crippen LogP contribution in [0.1, 0.15) is 40.5 Å². The molecule has 0 radical (unpaired) electrons. The summed E-state index contributed by atoms with van der Waals surface area (Å²) in [6.45, 7) is 8.40. The predicted octanol–water partition coefficient (Wildman–Crippen LogP) is 0.990. The van der Waals surface area contributed by atoms with E-state index in [-0.39, 0.29) is 17.9 Å². The second-order valence-electron chi connectivity index (χ2n) is 4.43. The van der Waals surface area contributed by atoms with E-state index in [1.807, 2.05) is 27.7 Å². The van der Waals surface area contributed by atoms with Crippen molar-refractivity contribution in [3.63, 3.8) is 0 Å². The third kappa shape index (κ3) is 6.26. The Balaban J connectivity index is 4.27. The number of carboxylic acids is 1. The molecular weight excluding hydrogens is 220 g/mol. The monoisotopic (exact) mass is 244 g/mol. The van der Waals surface area contributed by atoms with Crippen LogP contribution in [0.15, 0.2) is 0 Å². The van der Waals surface area contributed by atoms with Crippen molar-refractivity contribution in [1.82, 2.24) is 10.6 Å². The maximum atomic E-state index is 11.6. The fourth-order valence-electron chi connectivity index (χ4n) is 1.61. The lowest BCUT2D eigenvalue weighted by molar-refractivity contribution is -0.143. The fraction of sp³-hybridized carbons (Fsp3) is 0.833. The molecule has 0 aliphatic heterocycles. The molecule has 3 N–H and O–H groups in total. The zero-order chi connectivity index (χ0) is 13.4. The average molecular weight is 244 g/mol. The molecule has 0 heterocycles. The highest BCUT2D eigenvalue weighted by atomic mass is 16.4. The molecule has 0 aliphatic rings. The van der Waals surface area contributed by atoms with Crippen LogP contribution in [0.25, 0.3) is 0 Å². The second-order valence-corrected chi connectivity index (χ2v) is 4.43. The summed E-state index contributed by atoms with van der Waals surface area (Å²) in [5, 5.41) is 14.7. The number of carbonyl (C=O) groups is 2. The molecule has 0 aromatic rings. The Bertz CT molecular complexity index is 256. The van der Waals surface area contributed by atoms with Crippen LogP contribution in [0, 0.1) is 5.92 Å². The standard InChI is InChI=1S/C12H24N2O3/c1-5-8(3)11(12(16)17)14-10(15)7-9(4)13-6-2/h8-9,11,13H,5-7H2,1-4H3,(H,14,15)(H,16,17). The quantitative estimate of drug-likeness (QED) is 0.595. The number of amides is 1. The van der Waals surface area contributed by atoms with Crippen molar-refractivity contribution in [1.29, 1.82) is 0 Å². The lowest BCUT2D eigenvalue weighted by Gasteiger charge is -2.21. The van der Waals surface area contributed by atoms with E-state index in [0.717, 1.165) is 13.0 Å². The van der Waals surface area contributed by atoms with Crippen LogP contribution < -0.4 is 10.6 Å². The summed E-state index contributed by atoms with van der Waals surface area (Å²) < 4.78 is 0. The molecule has 0 aromatic heterocycles. The van der Waals surface area contributed by atoms with Gasteiger partial charge in [0, 0.05) is 12.5 Å². The van der Waals surface area contributed by atoms with E-state index in [9.17, 15) is 9.59 Å². The van der Waals surface area contributed by atoms with Gasteiger partial charge in [0.25, 0.3) is 0 Å². The first-order valence-electron chi connectivity index (χ1n) is 6.17. The highest BCUT2D eigenvalue weighted by Gasteiger charge is 2.25. The molecule has 100 valence electrons. The summed E-state index contributed by atoms with van der Waals surface area (Å²) in [5.41, 5.74) is 0. The minimum Gasteiger partial charge on any atom is -0.480 e. The molecule has 0 aliphatic carbocycles. The largest absolute Gasteiger partial charge is 0.480 e. The van der Waals surface area contributed by atoms with Crippen LogP contribution in [0.3, 0.4) is 0 Å². The molecule has 3 atom stereocenters. The van der Waals surface area contributed by atoms with E-state index in [2.05, 4.69) is 10.6 Å². The van der Waals surface area contributed by atoms with E-state index < -0.39 is 12.0 Å². The van der Waals surface area contributed by atoms with Gasteiger partial charge in [0.15, 0.2) is 0 Å². The third-order valence-electron chi connectivity index (χ3n) is 2.84. The van der Waals surface area contributed by atoms with Gasteiger partial charge in [0.05, 0.1) is 0 Å². The van der Waals surface area contributed by atoms with Gasteiger partial charge in [-0.3, -0.25) is 4.79 Å². The Morgan fingerprint density at radius 2 is 1.82 bits per heavy atom. The third-order valence-corrected chi connectivity index (χ3v) is 2.84. The molecule has 0 fully saturated rings. The molecule has 0 spiro atoms. The first kappa shape index (κ1) is 15.9. The first-order valence-corrected chi connectivity index (χ1v) is 6.17. The van der Waals surface area contributed by atoms with Gasteiger partial charge in [-0.15, -0.1) is 0 Å². The van der Waals surface area contributed by atoms with Crippen LogP contribution in [0.5, 0.6) is 0 Å². The zero-order valence-electron chi connectivity index (χ0n) is 11.1. The number of carboxylic acid groups (broad SMARTS) is 1. The van der Waals surface area contributed by atoms with Crippen molar-refractivity contribution in [2.24, 2.45) is 5.92 Å². The normalized spacial score (nSPS) is 16.0. The van der Waals surface area contributed by atoms with Crippen molar-refractivity contribution >= 4 is 11.9 Å². The summed E-state index contributed by atoms with van der Waals surface area (Å²) >= 11 is 0. The van der Waals surface area contributed by atoms with Crippen molar-refractivity contribution in [3.05, 3.63) is 0 Å². The minimum atomic E-state index is -0.969. The lowest BCUT2D eigenvalue weighted by atomic mass is 9.99. The average Bonchev–Trinajstić information content (AvgIpc) is 2.24. The Labute approximate surface area is 103 Å². The van der Waals surface area contributed by atoms with Gasteiger partial charge in [0.1, 0.15) is 6.04 Å². The number of rotatable bonds is 8. The van der Waals surface area contributed by atoms with Crippen LogP contribution >= 0.6 is 0 Å². The number of nitrogens with one attached hydrogen (secondary N) is 2. The second kappa shape index (κ2) is 8.06.